The fourth-order valence-corrected chi connectivity index (χ4v) is 1.84. The predicted octanol–water partition coefficient (Wildman–Crippen LogP) is 2.98. The lowest BCUT2D eigenvalue weighted by atomic mass is 10.0. The van der Waals surface area contributed by atoms with E-state index in [4.69, 9.17) is 0 Å². The molecule has 0 heterocycles. The topological polar surface area (TPSA) is 46.5 Å². The Hall–Kier alpha value is -2.34. The molecule has 1 N–H and O–H groups in total. The smallest absolute Gasteiger partial charge is 0.339 e. The lowest BCUT2D eigenvalue weighted by molar-refractivity contribution is -0.150. The van der Waals surface area contributed by atoms with Gasteiger partial charge in [0, 0.05) is 5.56 Å². The fraction of sp³-hybridized carbons (Fsp3) is 0.133. The second-order valence-corrected chi connectivity index (χ2v) is 4.29. The second-order valence-electron chi connectivity index (χ2n) is 4.29. The number of carbonyl (C=O) groups excluding carboxylic acids is 1. The predicted molar refractivity (Wildman–Crippen MR) is 68.7 cm³/mol. The maximum atomic E-state index is 13.9. The average Bonchev–Trinajstić information content (AvgIpc) is 2.48. The molecule has 0 saturated carbocycles. The number of hydrogen-bond acceptors (Lipinski definition) is 3. The molecule has 1 unspecified atom stereocenters. The summed E-state index contributed by atoms with van der Waals surface area (Å²) in [6.07, 6.45) is -1.74. The fourth-order valence-electron chi connectivity index (χ4n) is 1.84. The van der Waals surface area contributed by atoms with Gasteiger partial charge >= 0.3 is 5.97 Å². The molecular formula is C15H11F3O3. The number of rotatable bonds is 3. The third-order valence-electron chi connectivity index (χ3n) is 2.97. The van der Waals surface area contributed by atoms with E-state index in [1.807, 2.05) is 0 Å². The second kappa shape index (κ2) is 5.97. The number of hydrogen-bond donors (Lipinski definition) is 1. The number of carbonyl (C=O) groups is 1. The van der Waals surface area contributed by atoms with Gasteiger partial charge in [-0.3, -0.25) is 0 Å². The van der Waals surface area contributed by atoms with Crippen LogP contribution in [0.5, 0.6) is 0 Å². The molecule has 2 rings (SSSR count). The number of ether oxygens (including phenoxy) is 1. The van der Waals surface area contributed by atoms with Crippen LogP contribution in [0.25, 0.3) is 11.1 Å². The highest BCUT2D eigenvalue weighted by molar-refractivity contribution is 5.76. The van der Waals surface area contributed by atoms with E-state index in [1.54, 1.807) is 0 Å². The minimum Gasteiger partial charge on any atom is -0.467 e. The van der Waals surface area contributed by atoms with Crippen LogP contribution >= 0.6 is 0 Å². The van der Waals surface area contributed by atoms with Crippen molar-refractivity contribution in [1.29, 1.82) is 0 Å². The molecule has 0 aliphatic rings. The van der Waals surface area contributed by atoms with Gasteiger partial charge in [0.2, 0.25) is 0 Å². The van der Waals surface area contributed by atoms with Gasteiger partial charge in [-0.15, -0.1) is 0 Å². The SMILES string of the molecule is COC(=O)C(O)c1ccc(-c2ccc(F)c(F)c2)cc1F. The van der Waals surface area contributed by atoms with Crippen molar-refractivity contribution in [1.82, 2.24) is 0 Å². The number of halogens is 3. The Morgan fingerprint density at radius 3 is 2.10 bits per heavy atom. The van der Waals surface area contributed by atoms with Crippen molar-refractivity contribution >= 4 is 5.97 Å². The lowest BCUT2D eigenvalue weighted by Gasteiger charge is -2.11. The molecule has 2 aromatic rings. The van der Waals surface area contributed by atoms with Crippen LogP contribution in [-0.4, -0.2) is 18.2 Å². The molecule has 0 spiro atoms. The Morgan fingerprint density at radius 2 is 1.57 bits per heavy atom. The molecule has 3 nitrogen and oxygen atoms in total. The molecule has 0 bridgehead atoms. The van der Waals surface area contributed by atoms with Crippen molar-refractivity contribution < 1.29 is 27.8 Å². The monoisotopic (exact) mass is 296 g/mol. The van der Waals surface area contributed by atoms with Crippen LogP contribution < -0.4 is 0 Å². The molecule has 0 amide bonds. The van der Waals surface area contributed by atoms with Crippen LogP contribution in [0.3, 0.4) is 0 Å². The van der Waals surface area contributed by atoms with E-state index in [0.29, 0.717) is 0 Å². The van der Waals surface area contributed by atoms with Gasteiger partial charge in [0.25, 0.3) is 0 Å². The zero-order valence-corrected chi connectivity index (χ0v) is 10.9. The first-order valence-electron chi connectivity index (χ1n) is 5.95. The highest BCUT2D eigenvalue weighted by atomic mass is 19.2. The van der Waals surface area contributed by atoms with Gasteiger partial charge in [-0.05, 0) is 29.3 Å². The molecule has 2 aromatic carbocycles. The summed E-state index contributed by atoms with van der Waals surface area (Å²) in [5.41, 5.74) is 0.298. The Morgan fingerprint density at radius 1 is 1.00 bits per heavy atom. The highest BCUT2D eigenvalue weighted by Gasteiger charge is 2.21. The maximum absolute atomic E-state index is 13.9. The van der Waals surface area contributed by atoms with Crippen molar-refractivity contribution in [3.8, 4) is 11.1 Å². The van der Waals surface area contributed by atoms with Crippen LogP contribution in [0.4, 0.5) is 13.2 Å². The van der Waals surface area contributed by atoms with Gasteiger partial charge < -0.3 is 9.84 Å². The molecule has 110 valence electrons. The summed E-state index contributed by atoms with van der Waals surface area (Å²) in [6, 6.07) is 6.75. The van der Waals surface area contributed by atoms with Crippen LogP contribution in [0, 0.1) is 17.5 Å². The van der Waals surface area contributed by atoms with E-state index in [2.05, 4.69) is 4.74 Å². The molecule has 0 saturated heterocycles. The summed E-state index contributed by atoms with van der Waals surface area (Å²) in [5.74, 6) is -3.90. The average molecular weight is 296 g/mol. The Kier molecular flexibility index (Phi) is 4.28. The van der Waals surface area contributed by atoms with E-state index in [0.717, 1.165) is 25.3 Å². The normalized spacial score (nSPS) is 12.0. The quantitative estimate of drug-likeness (QED) is 0.886. The first-order chi connectivity index (χ1) is 9.93. The molecule has 0 aromatic heterocycles. The molecular weight excluding hydrogens is 285 g/mol. The van der Waals surface area contributed by atoms with E-state index in [-0.39, 0.29) is 16.7 Å². The van der Waals surface area contributed by atoms with Gasteiger partial charge in [-0.1, -0.05) is 18.2 Å². The summed E-state index contributed by atoms with van der Waals surface area (Å²) in [7, 11) is 1.07. The molecule has 6 heteroatoms. The number of benzene rings is 2. The number of esters is 1. The number of methoxy groups -OCH3 is 1. The third-order valence-corrected chi connectivity index (χ3v) is 2.97. The highest BCUT2D eigenvalue weighted by Crippen LogP contribution is 2.26. The third kappa shape index (κ3) is 3.05. The molecule has 0 radical (unpaired) electrons. The largest absolute Gasteiger partial charge is 0.467 e. The molecule has 21 heavy (non-hydrogen) atoms. The minimum absolute atomic E-state index is 0.256. The van der Waals surface area contributed by atoms with Gasteiger partial charge in [0.1, 0.15) is 5.82 Å². The summed E-state index contributed by atoms with van der Waals surface area (Å²) in [5, 5.41) is 9.59. The van der Waals surface area contributed by atoms with E-state index < -0.39 is 29.5 Å². The van der Waals surface area contributed by atoms with E-state index in [1.165, 1.54) is 18.2 Å². The zero-order chi connectivity index (χ0) is 15.6. The van der Waals surface area contributed by atoms with Crippen LogP contribution in [-0.2, 0) is 9.53 Å². The Bertz CT molecular complexity index is 686. The first kappa shape index (κ1) is 15.1. The first-order valence-corrected chi connectivity index (χ1v) is 5.95. The van der Waals surface area contributed by atoms with Crippen LogP contribution in [0.2, 0.25) is 0 Å². The van der Waals surface area contributed by atoms with Crippen molar-refractivity contribution in [3.05, 3.63) is 59.4 Å². The Labute approximate surface area is 118 Å². The minimum atomic E-state index is -1.74. The van der Waals surface area contributed by atoms with Gasteiger partial charge in [-0.25, -0.2) is 18.0 Å². The van der Waals surface area contributed by atoms with Crippen molar-refractivity contribution in [2.45, 2.75) is 6.10 Å². The van der Waals surface area contributed by atoms with Crippen molar-refractivity contribution in [2.75, 3.05) is 7.11 Å². The zero-order valence-electron chi connectivity index (χ0n) is 10.9. The van der Waals surface area contributed by atoms with Gasteiger partial charge in [0.05, 0.1) is 7.11 Å². The van der Waals surface area contributed by atoms with Gasteiger partial charge in [0.15, 0.2) is 17.7 Å². The maximum Gasteiger partial charge on any atom is 0.339 e. The van der Waals surface area contributed by atoms with Crippen molar-refractivity contribution in [3.63, 3.8) is 0 Å². The Balaban J connectivity index is 2.38. The summed E-state index contributed by atoms with van der Waals surface area (Å²) >= 11 is 0. The molecule has 0 fully saturated rings. The van der Waals surface area contributed by atoms with Crippen LogP contribution in [0.1, 0.15) is 11.7 Å². The van der Waals surface area contributed by atoms with Gasteiger partial charge in [-0.2, -0.15) is 0 Å². The van der Waals surface area contributed by atoms with E-state index in [9.17, 15) is 23.1 Å². The molecule has 0 aliphatic heterocycles. The van der Waals surface area contributed by atoms with E-state index >= 15 is 0 Å². The summed E-state index contributed by atoms with van der Waals surface area (Å²) in [6.45, 7) is 0. The van der Waals surface area contributed by atoms with Crippen molar-refractivity contribution in [2.24, 2.45) is 0 Å². The lowest BCUT2D eigenvalue weighted by Crippen LogP contribution is -2.14. The number of aliphatic hydroxyl groups is 1. The van der Waals surface area contributed by atoms with Crippen LogP contribution in [0.15, 0.2) is 36.4 Å². The standard InChI is InChI=1S/C15H11F3O3/c1-21-15(20)14(19)10-4-2-8(6-12(10)17)9-3-5-11(16)13(18)7-9/h2-7,14,19H,1H3. The summed E-state index contributed by atoms with van der Waals surface area (Å²) < 4.78 is 44.3. The molecule has 1 atom stereocenters. The number of aliphatic hydroxyl groups excluding tert-OH is 1. The summed E-state index contributed by atoms with van der Waals surface area (Å²) in [4.78, 5) is 11.2. The molecule has 0 aliphatic carbocycles.